The first kappa shape index (κ1) is 19.7. The van der Waals surface area contributed by atoms with E-state index in [4.69, 9.17) is 16.9 Å². The topological polar surface area (TPSA) is 87.8 Å². The highest BCUT2D eigenvalue weighted by Crippen LogP contribution is 2.22. The van der Waals surface area contributed by atoms with Gasteiger partial charge >= 0.3 is 0 Å². The molecule has 0 saturated carbocycles. The molecule has 1 N–H and O–H groups in total. The molecule has 0 bridgehead atoms. The summed E-state index contributed by atoms with van der Waals surface area (Å²) in [6.45, 7) is 3.96. The van der Waals surface area contributed by atoms with E-state index in [1.165, 1.54) is 16.7 Å². The quantitative estimate of drug-likeness (QED) is 0.379. The third-order valence-electron chi connectivity index (χ3n) is 3.85. The highest BCUT2D eigenvalue weighted by Gasteiger charge is 2.13. The lowest BCUT2D eigenvalue weighted by Crippen LogP contribution is -2.23. The normalized spacial score (nSPS) is 10.4. The fourth-order valence-electron chi connectivity index (χ4n) is 2.58. The summed E-state index contributed by atoms with van der Waals surface area (Å²) in [5.74, 6) is -0.324. The first-order chi connectivity index (χ1) is 13.5. The number of anilines is 1. The maximum atomic E-state index is 12.7. The molecule has 0 radical (unpaired) electrons. The maximum Gasteiger partial charge on any atom is 0.262 e. The van der Waals surface area contributed by atoms with E-state index in [2.05, 4.69) is 16.9 Å². The number of carbonyl (C=O) groups excluding carboxylic acids is 1. The van der Waals surface area contributed by atoms with Crippen molar-refractivity contribution < 1.29 is 4.79 Å². The zero-order valence-electron chi connectivity index (χ0n) is 14.7. The van der Waals surface area contributed by atoms with Gasteiger partial charge in [0, 0.05) is 11.6 Å². The van der Waals surface area contributed by atoms with E-state index in [-0.39, 0.29) is 23.8 Å². The average molecular weight is 411 g/mol. The van der Waals surface area contributed by atoms with Crippen LogP contribution in [0.5, 0.6) is 0 Å². The summed E-state index contributed by atoms with van der Waals surface area (Å²) in [6.07, 6.45) is 1.60. The fraction of sp³-hybridized carbons (Fsp3) is 0.100. The Kier molecular flexibility index (Phi) is 6.14. The number of para-hydroxylation sites is 1. The number of aromatic nitrogens is 2. The minimum atomic E-state index is -0.337. The van der Waals surface area contributed by atoms with Crippen LogP contribution in [0.4, 0.5) is 5.69 Å². The highest BCUT2D eigenvalue weighted by molar-refractivity contribution is 7.99. The van der Waals surface area contributed by atoms with E-state index in [1.54, 1.807) is 36.4 Å². The van der Waals surface area contributed by atoms with Crippen LogP contribution in [0.25, 0.3) is 10.9 Å². The number of hydrogen-bond acceptors (Lipinski definition) is 5. The number of fused-ring (bicyclic) bond motifs is 1. The van der Waals surface area contributed by atoms with Crippen molar-refractivity contribution in [2.45, 2.75) is 11.7 Å². The number of benzene rings is 2. The third kappa shape index (κ3) is 4.25. The van der Waals surface area contributed by atoms with Gasteiger partial charge in [-0.15, -0.1) is 6.58 Å². The average Bonchev–Trinajstić information content (AvgIpc) is 2.69. The standard InChI is InChI=1S/C20H15ClN4O2S/c1-2-9-25-19(27)15-5-3-4-6-16(15)24-20(25)28-12-18(26)23-17-10-14(21)8-7-13(17)11-22/h2-8,10H,1,9,12H2,(H,23,26). The molecule has 0 atom stereocenters. The van der Waals surface area contributed by atoms with Gasteiger partial charge in [-0.3, -0.25) is 14.2 Å². The Labute approximate surface area is 170 Å². The van der Waals surface area contributed by atoms with Gasteiger partial charge in [-0.1, -0.05) is 41.6 Å². The molecule has 0 unspecified atom stereocenters. The summed E-state index contributed by atoms with van der Waals surface area (Å²) >= 11 is 7.07. The molecule has 1 heterocycles. The number of thioether (sulfide) groups is 1. The van der Waals surface area contributed by atoms with Crippen molar-refractivity contribution in [1.29, 1.82) is 5.26 Å². The number of nitrogens with zero attached hydrogens (tertiary/aromatic N) is 3. The minimum Gasteiger partial charge on any atom is -0.324 e. The lowest BCUT2D eigenvalue weighted by atomic mass is 10.2. The SMILES string of the molecule is C=CCn1c(SCC(=O)Nc2cc(Cl)ccc2C#N)nc2ccccc2c1=O. The number of nitriles is 1. The van der Waals surface area contributed by atoms with Gasteiger partial charge in [0.1, 0.15) is 6.07 Å². The molecule has 3 aromatic rings. The van der Waals surface area contributed by atoms with Crippen molar-refractivity contribution in [1.82, 2.24) is 9.55 Å². The summed E-state index contributed by atoms with van der Waals surface area (Å²) < 4.78 is 1.48. The Morgan fingerprint density at radius 1 is 1.36 bits per heavy atom. The molecular formula is C20H15ClN4O2S. The zero-order chi connectivity index (χ0) is 20.1. The Balaban J connectivity index is 1.83. The van der Waals surface area contributed by atoms with Gasteiger partial charge in [0.25, 0.3) is 5.56 Å². The van der Waals surface area contributed by atoms with Crippen molar-refractivity contribution in [2.75, 3.05) is 11.1 Å². The van der Waals surface area contributed by atoms with Gasteiger partial charge in [-0.25, -0.2) is 4.98 Å². The van der Waals surface area contributed by atoms with E-state index in [0.717, 1.165) is 11.8 Å². The predicted octanol–water partition coefficient (Wildman–Crippen LogP) is 3.84. The first-order valence-corrected chi connectivity index (χ1v) is 9.62. The van der Waals surface area contributed by atoms with Crippen molar-refractivity contribution >= 4 is 45.9 Å². The Morgan fingerprint density at radius 2 is 2.14 bits per heavy atom. The van der Waals surface area contributed by atoms with Crippen LogP contribution in [-0.2, 0) is 11.3 Å². The molecular weight excluding hydrogens is 396 g/mol. The third-order valence-corrected chi connectivity index (χ3v) is 5.06. The van der Waals surface area contributed by atoms with Crippen molar-refractivity contribution in [2.24, 2.45) is 0 Å². The smallest absolute Gasteiger partial charge is 0.262 e. The second-order valence-corrected chi connectivity index (χ2v) is 7.13. The number of allylic oxidation sites excluding steroid dienone is 1. The van der Waals surface area contributed by atoms with Gasteiger partial charge in [0.15, 0.2) is 5.16 Å². The number of rotatable bonds is 6. The molecule has 1 amide bonds. The molecule has 0 saturated heterocycles. The lowest BCUT2D eigenvalue weighted by Gasteiger charge is -2.12. The van der Waals surface area contributed by atoms with Crippen LogP contribution < -0.4 is 10.9 Å². The van der Waals surface area contributed by atoms with Crippen LogP contribution in [0, 0.1) is 11.3 Å². The van der Waals surface area contributed by atoms with Gasteiger partial charge in [0.2, 0.25) is 5.91 Å². The molecule has 2 aromatic carbocycles. The van der Waals surface area contributed by atoms with Crippen molar-refractivity contribution in [3.05, 3.63) is 76.1 Å². The summed E-state index contributed by atoms with van der Waals surface area (Å²) in [6, 6.07) is 13.7. The number of hydrogen-bond donors (Lipinski definition) is 1. The van der Waals surface area contributed by atoms with Gasteiger partial charge < -0.3 is 5.32 Å². The van der Waals surface area contributed by atoms with E-state index >= 15 is 0 Å². The van der Waals surface area contributed by atoms with Gasteiger partial charge in [-0.2, -0.15) is 5.26 Å². The summed E-state index contributed by atoms with van der Waals surface area (Å²) in [7, 11) is 0. The molecule has 3 rings (SSSR count). The Morgan fingerprint density at radius 3 is 2.89 bits per heavy atom. The molecule has 0 aliphatic carbocycles. The number of carbonyl (C=O) groups is 1. The second-order valence-electron chi connectivity index (χ2n) is 5.75. The Hall–Kier alpha value is -3.08. The van der Waals surface area contributed by atoms with Crippen LogP contribution in [0.3, 0.4) is 0 Å². The molecule has 0 fully saturated rings. The zero-order valence-corrected chi connectivity index (χ0v) is 16.3. The van der Waals surface area contributed by atoms with E-state index in [1.807, 2.05) is 6.07 Å². The molecule has 8 heteroatoms. The second kappa shape index (κ2) is 8.74. The highest BCUT2D eigenvalue weighted by atomic mass is 35.5. The van der Waals surface area contributed by atoms with E-state index in [9.17, 15) is 9.59 Å². The fourth-order valence-corrected chi connectivity index (χ4v) is 3.56. The van der Waals surface area contributed by atoms with E-state index < -0.39 is 0 Å². The van der Waals surface area contributed by atoms with Crippen LogP contribution in [-0.4, -0.2) is 21.2 Å². The number of nitrogens with one attached hydrogen (secondary N) is 1. The number of amides is 1. The molecule has 1 aromatic heterocycles. The van der Waals surface area contributed by atoms with Gasteiger partial charge in [0.05, 0.1) is 27.9 Å². The van der Waals surface area contributed by atoms with Gasteiger partial charge in [-0.05, 0) is 30.3 Å². The molecule has 0 spiro atoms. The van der Waals surface area contributed by atoms with Crippen LogP contribution in [0.15, 0.2) is 65.1 Å². The molecule has 140 valence electrons. The van der Waals surface area contributed by atoms with E-state index in [0.29, 0.717) is 32.3 Å². The first-order valence-electron chi connectivity index (χ1n) is 8.26. The van der Waals surface area contributed by atoms with Crippen LogP contribution >= 0.6 is 23.4 Å². The Bertz CT molecular complexity index is 1170. The summed E-state index contributed by atoms with van der Waals surface area (Å²) in [5.41, 5.74) is 1.04. The molecule has 28 heavy (non-hydrogen) atoms. The molecule has 0 aliphatic rings. The number of halogens is 1. The lowest BCUT2D eigenvalue weighted by molar-refractivity contribution is -0.113. The monoisotopic (exact) mass is 410 g/mol. The van der Waals surface area contributed by atoms with Crippen LogP contribution in [0.1, 0.15) is 5.56 Å². The largest absolute Gasteiger partial charge is 0.324 e. The predicted molar refractivity (Wildman–Crippen MR) is 112 cm³/mol. The molecule has 6 nitrogen and oxygen atoms in total. The summed E-state index contributed by atoms with van der Waals surface area (Å²) in [4.78, 5) is 29.6. The van der Waals surface area contributed by atoms with Crippen LogP contribution in [0.2, 0.25) is 5.02 Å². The molecule has 0 aliphatic heterocycles. The minimum absolute atomic E-state index is 0.0132. The van der Waals surface area contributed by atoms with Crippen molar-refractivity contribution in [3.63, 3.8) is 0 Å². The van der Waals surface area contributed by atoms with Crippen molar-refractivity contribution in [3.8, 4) is 6.07 Å². The maximum absolute atomic E-state index is 12.7. The summed E-state index contributed by atoms with van der Waals surface area (Å²) in [5, 5.41) is 13.2.